The zero-order valence-electron chi connectivity index (χ0n) is 20.3. The molecule has 3 aromatic rings. The number of amides is 1. The fourth-order valence-corrected chi connectivity index (χ4v) is 7.36. The lowest BCUT2D eigenvalue weighted by Crippen LogP contribution is -2.49. The number of hydrazine groups is 1. The van der Waals surface area contributed by atoms with Crippen LogP contribution >= 0.6 is 11.3 Å². The highest BCUT2D eigenvalue weighted by molar-refractivity contribution is 7.16. The zero-order chi connectivity index (χ0) is 24.7. The average molecular weight is 509 g/mol. The Labute approximate surface area is 214 Å². The molecule has 4 N–H and O–H groups in total. The van der Waals surface area contributed by atoms with Crippen molar-refractivity contribution in [3.8, 4) is 0 Å². The number of aliphatic hydroxyl groups is 1. The zero-order valence-corrected chi connectivity index (χ0v) is 21.1. The SMILES string of the molecule is O=C(NC1CCCC(O)(Cc2ccccc2F)C1)C1CCC2NNC(c3ccc4ncsc4c3)C2C1. The van der Waals surface area contributed by atoms with Gasteiger partial charge in [-0.25, -0.2) is 14.8 Å². The number of carbonyl (C=O) groups is 1. The predicted molar refractivity (Wildman–Crippen MR) is 139 cm³/mol. The van der Waals surface area contributed by atoms with Crippen molar-refractivity contribution in [2.24, 2.45) is 11.8 Å². The van der Waals surface area contributed by atoms with Gasteiger partial charge in [0.2, 0.25) is 5.91 Å². The lowest BCUT2D eigenvalue weighted by atomic mass is 9.73. The Morgan fingerprint density at radius 1 is 1.19 bits per heavy atom. The third-order valence-electron chi connectivity index (χ3n) is 8.48. The van der Waals surface area contributed by atoms with E-state index in [4.69, 9.17) is 0 Å². The molecule has 36 heavy (non-hydrogen) atoms. The lowest BCUT2D eigenvalue weighted by Gasteiger charge is -2.39. The van der Waals surface area contributed by atoms with Crippen molar-refractivity contribution in [3.63, 3.8) is 0 Å². The maximum absolute atomic E-state index is 14.2. The standard InChI is InChI=1S/C28H33FN4O2S/c29-22-6-2-1-4-19(22)14-28(35)11-3-5-20(15-28)31-27(34)18-8-9-23-21(12-18)26(33-32-23)17-7-10-24-25(13-17)36-16-30-24/h1-2,4,6-7,10,13,16,18,20-21,23,26,32-33,35H,3,5,8-9,11-12,14-15H2,(H,31,34). The number of hydrogen-bond donors (Lipinski definition) is 4. The summed E-state index contributed by atoms with van der Waals surface area (Å²) in [5.41, 5.74) is 10.6. The first kappa shape index (κ1) is 24.0. The van der Waals surface area contributed by atoms with Crippen molar-refractivity contribution in [1.29, 1.82) is 0 Å². The number of fused-ring (bicyclic) bond motifs is 2. The fraction of sp³-hybridized carbons (Fsp3) is 0.500. The smallest absolute Gasteiger partial charge is 0.223 e. The Balaban J connectivity index is 1.10. The van der Waals surface area contributed by atoms with Gasteiger partial charge in [-0.15, -0.1) is 11.3 Å². The number of benzene rings is 2. The van der Waals surface area contributed by atoms with Crippen molar-refractivity contribution >= 4 is 27.5 Å². The third-order valence-corrected chi connectivity index (χ3v) is 9.27. The fourth-order valence-electron chi connectivity index (χ4n) is 6.63. The topological polar surface area (TPSA) is 86.3 Å². The second kappa shape index (κ2) is 9.82. The largest absolute Gasteiger partial charge is 0.389 e. The Kier molecular flexibility index (Phi) is 6.54. The number of carbonyl (C=O) groups excluding carboxylic acids is 1. The number of halogens is 1. The molecule has 0 spiro atoms. The molecule has 6 atom stereocenters. The highest BCUT2D eigenvalue weighted by Crippen LogP contribution is 2.41. The summed E-state index contributed by atoms with van der Waals surface area (Å²) in [7, 11) is 0. The quantitative estimate of drug-likeness (QED) is 0.411. The van der Waals surface area contributed by atoms with E-state index in [0.29, 0.717) is 30.4 Å². The number of aromatic nitrogens is 1. The molecular weight excluding hydrogens is 475 g/mol. The van der Waals surface area contributed by atoms with Crippen LogP contribution in [0.2, 0.25) is 0 Å². The molecule has 190 valence electrons. The van der Waals surface area contributed by atoms with Gasteiger partial charge in [0.05, 0.1) is 27.4 Å². The highest BCUT2D eigenvalue weighted by atomic mass is 32.1. The monoisotopic (exact) mass is 508 g/mol. The molecule has 1 amide bonds. The van der Waals surface area contributed by atoms with E-state index in [0.717, 1.165) is 37.6 Å². The van der Waals surface area contributed by atoms with Crippen LogP contribution in [0, 0.1) is 17.7 Å². The summed E-state index contributed by atoms with van der Waals surface area (Å²) in [6, 6.07) is 13.5. The molecule has 2 heterocycles. The van der Waals surface area contributed by atoms with E-state index in [1.165, 1.54) is 16.3 Å². The molecule has 8 heteroatoms. The van der Waals surface area contributed by atoms with Crippen LogP contribution in [0.25, 0.3) is 10.2 Å². The number of thiazole rings is 1. The van der Waals surface area contributed by atoms with E-state index in [1.807, 2.05) is 5.51 Å². The van der Waals surface area contributed by atoms with E-state index >= 15 is 0 Å². The van der Waals surface area contributed by atoms with Gasteiger partial charge in [-0.3, -0.25) is 10.2 Å². The predicted octanol–water partition coefficient (Wildman–Crippen LogP) is 4.40. The van der Waals surface area contributed by atoms with E-state index in [2.05, 4.69) is 39.4 Å². The van der Waals surface area contributed by atoms with Gasteiger partial charge < -0.3 is 10.4 Å². The Morgan fingerprint density at radius 3 is 2.97 bits per heavy atom. The average Bonchev–Trinajstić information content (AvgIpc) is 3.51. The molecule has 0 radical (unpaired) electrons. The van der Waals surface area contributed by atoms with E-state index in [9.17, 15) is 14.3 Å². The van der Waals surface area contributed by atoms with Crippen LogP contribution in [0.1, 0.15) is 62.1 Å². The van der Waals surface area contributed by atoms with Gasteiger partial charge in [-0.05, 0) is 80.2 Å². The molecule has 1 saturated heterocycles. The van der Waals surface area contributed by atoms with Crippen LogP contribution in [0.5, 0.6) is 0 Å². The minimum Gasteiger partial charge on any atom is -0.389 e. The number of nitrogens with one attached hydrogen (secondary N) is 3. The normalized spacial score (nSPS) is 32.3. The van der Waals surface area contributed by atoms with Crippen molar-refractivity contribution in [1.82, 2.24) is 21.2 Å². The van der Waals surface area contributed by atoms with Crippen LogP contribution in [-0.2, 0) is 11.2 Å². The number of nitrogens with zero attached hydrogens (tertiary/aromatic N) is 1. The molecular formula is C28H33FN4O2S. The number of hydrogen-bond acceptors (Lipinski definition) is 6. The lowest BCUT2D eigenvalue weighted by molar-refractivity contribution is -0.128. The van der Waals surface area contributed by atoms with E-state index in [1.54, 1.807) is 29.5 Å². The Bertz CT molecular complexity index is 1250. The van der Waals surface area contributed by atoms with Crippen molar-refractivity contribution < 1.29 is 14.3 Å². The summed E-state index contributed by atoms with van der Waals surface area (Å²) in [6.07, 6.45) is 5.68. The molecule has 3 aliphatic rings. The van der Waals surface area contributed by atoms with Crippen LogP contribution in [0.4, 0.5) is 4.39 Å². The van der Waals surface area contributed by atoms with Gasteiger partial charge in [0.25, 0.3) is 0 Å². The van der Waals surface area contributed by atoms with Crippen LogP contribution in [0.15, 0.2) is 48.0 Å². The van der Waals surface area contributed by atoms with Gasteiger partial charge in [-0.1, -0.05) is 24.3 Å². The summed E-state index contributed by atoms with van der Waals surface area (Å²) < 4.78 is 15.4. The molecule has 2 saturated carbocycles. The first-order valence-corrected chi connectivity index (χ1v) is 14.0. The van der Waals surface area contributed by atoms with Gasteiger partial charge in [0.1, 0.15) is 5.82 Å². The number of rotatable bonds is 5. The summed E-state index contributed by atoms with van der Waals surface area (Å²) in [5.74, 6) is 0.113. The summed E-state index contributed by atoms with van der Waals surface area (Å²) in [5, 5.41) is 14.5. The third kappa shape index (κ3) is 4.79. The second-order valence-corrected chi connectivity index (χ2v) is 11.8. The maximum Gasteiger partial charge on any atom is 0.223 e. The molecule has 3 fully saturated rings. The first-order valence-electron chi connectivity index (χ1n) is 13.1. The van der Waals surface area contributed by atoms with Gasteiger partial charge in [-0.2, -0.15) is 0 Å². The highest BCUT2D eigenvalue weighted by Gasteiger charge is 2.43. The molecule has 1 aromatic heterocycles. The van der Waals surface area contributed by atoms with E-state index in [-0.39, 0.29) is 36.1 Å². The van der Waals surface area contributed by atoms with Crippen molar-refractivity contribution in [2.75, 3.05) is 0 Å². The molecule has 6 rings (SSSR count). The minimum atomic E-state index is -0.990. The molecule has 6 nitrogen and oxygen atoms in total. The van der Waals surface area contributed by atoms with Crippen molar-refractivity contribution in [2.45, 2.75) is 75.1 Å². The van der Waals surface area contributed by atoms with Gasteiger partial charge in [0, 0.05) is 24.4 Å². The van der Waals surface area contributed by atoms with E-state index < -0.39 is 5.60 Å². The first-order chi connectivity index (χ1) is 17.5. The molecule has 0 bridgehead atoms. The van der Waals surface area contributed by atoms with Gasteiger partial charge in [0.15, 0.2) is 0 Å². The molecule has 2 aliphatic carbocycles. The van der Waals surface area contributed by atoms with Crippen LogP contribution in [-0.4, -0.2) is 33.7 Å². The van der Waals surface area contributed by atoms with Crippen LogP contribution in [0.3, 0.4) is 0 Å². The molecule has 2 aromatic carbocycles. The summed E-state index contributed by atoms with van der Waals surface area (Å²) in [6.45, 7) is 0. The maximum atomic E-state index is 14.2. The minimum absolute atomic E-state index is 0.0378. The molecule has 6 unspecified atom stereocenters. The summed E-state index contributed by atoms with van der Waals surface area (Å²) in [4.78, 5) is 17.8. The Morgan fingerprint density at radius 2 is 2.08 bits per heavy atom. The van der Waals surface area contributed by atoms with Crippen LogP contribution < -0.4 is 16.2 Å². The molecule has 1 aliphatic heterocycles. The van der Waals surface area contributed by atoms with Gasteiger partial charge >= 0.3 is 0 Å². The summed E-state index contributed by atoms with van der Waals surface area (Å²) >= 11 is 1.65. The Hall–Kier alpha value is -2.39. The van der Waals surface area contributed by atoms with Crippen molar-refractivity contribution in [3.05, 3.63) is 64.9 Å². The second-order valence-electron chi connectivity index (χ2n) is 10.9.